The Morgan fingerprint density at radius 1 is 1.04 bits per heavy atom. The van der Waals surface area contributed by atoms with Gasteiger partial charge in [0.2, 0.25) is 5.91 Å². The SMILES string of the molecule is COc1ccccc1CC(=O)NCc1ccccc1OC(F)F. The highest BCUT2D eigenvalue weighted by molar-refractivity contribution is 5.79. The highest BCUT2D eigenvalue weighted by Crippen LogP contribution is 2.20. The van der Waals surface area contributed by atoms with Crippen molar-refractivity contribution in [3.63, 3.8) is 0 Å². The van der Waals surface area contributed by atoms with Crippen LogP contribution in [0.4, 0.5) is 8.78 Å². The molecule has 23 heavy (non-hydrogen) atoms. The monoisotopic (exact) mass is 321 g/mol. The molecule has 0 bridgehead atoms. The topological polar surface area (TPSA) is 47.6 Å². The lowest BCUT2D eigenvalue weighted by Gasteiger charge is -2.12. The molecular weight excluding hydrogens is 304 g/mol. The number of nitrogens with one attached hydrogen (secondary N) is 1. The molecule has 2 rings (SSSR count). The summed E-state index contributed by atoms with van der Waals surface area (Å²) in [6.07, 6.45) is 0.141. The highest BCUT2D eigenvalue weighted by Gasteiger charge is 2.11. The second-order valence-electron chi connectivity index (χ2n) is 4.75. The van der Waals surface area contributed by atoms with Crippen molar-refractivity contribution in [3.8, 4) is 11.5 Å². The normalized spacial score (nSPS) is 10.4. The molecule has 1 amide bonds. The molecule has 6 heteroatoms. The molecule has 0 heterocycles. The number of halogens is 2. The number of amides is 1. The number of rotatable bonds is 7. The smallest absolute Gasteiger partial charge is 0.387 e. The van der Waals surface area contributed by atoms with Gasteiger partial charge < -0.3 is 14.8 Å². The number of hydrogen-bond acceptors (Lipinski definition) is 3. The van der Waals surface area contributed by atoms with Crippen molar-refractivity contribution in [1.82, 2.24) is 5.32 Å². The number of alkyl halides is 2. The first kappa shape index (κ1) is 16.7. The number of ether oxygens (including phenoxy) is 2. The number of hydrogen-bond donors (Lipinski definition) is 1. The lowest BCUT2D eigenvalue weighted by molar-refractivity contribution is -0.120. The molecule has 0 atom stereocenters. The zero-order chi connectivity index (χ0) is 16.7. The molecule has 0 aliphatic rings. The molecule has 0 radical (unpaired) electrons. The predicted molar refractivity (Wildman–Crippen MR) is 81.6 cm³/mol. The van der Waals surface area contributed by atoms with E-state index in [1.165, 1.54) is 13.2 Å². The fourth-order valence-electron chi connectivity index (χ4n) is 2.14. The van der Waals surface area contributed by atoms with Gasteiger partial charge in [-0.1, -0.05) is 36.4 Å². The molecule has 2 aromatic rings. The summed E-state index contributed by atoms with van der Waals surface area (Å²) in [5.41, 5.74) is 1.24. The Hall–Kier alpha value is -2.63. The summed E-state index contributed by atoms with van der Waals surface area (Å²) >= 11 is 0. The second-order valence-corrected chi connectivity index (χ2v) is 4.75. The van der Waals surface area contributed by atoms with Gasteiger partial charge in [-0.05, 0) is 12.1 Å². The predicted octanol–water partition coefficient (Wildman–Crippen LogP) is 3.16. The molecule has 0 unspecified atom stereocenters. The van der Waals surface area contributed by atoms with E-state index in [4.69, 9.17) is 4.74 Å². The first-order valence-corrected chi connectivity index (χ1v) is 7.01. The van der Waals surface area contributed by atoms with Crippen molar-refractivity contribution < 1.29 is 23.0 Å². The van der Waals surface area contributed by atoms with Crippen LogP contribution in [-0.2, 0) is 17.8 Å². The van der Waals surface area contributed by atoms with Gasteiger partial charge in [0, 0.05) is 17.7 Å². The molecule has 0 aliphatic carbocycles. The third-order valence-electron chi connectivity index (χ3n) is 3.21. The third-order valence-corrected chi connectivity index (χ3v) is 3.21. The minimum Gasteiger partial charge on any atom is -0.496 e. The lowest BCUT2D eigenvalue weighted by atomic mass is 10.1. The van der Waals surface area contributed by atoms with E-state index in [-0.39, 0.29) is 24.6 Å². The Bertz CT molecular complexity index is 662. The molecule has 1 N–H and O–H groups in total. The van der Waals surface area contributed by atoms with Crippen LogP contribution in [0.2, 0.25) is 0 Å². The number of benzene rings is 2. The molecule has 0 spiro atoms. The maximum atomic E-state index is 12.3. The van der Waals surface area contributed by atoms with E-state index >= 15 is 0 Å². The van der Waals surface area contributed by atoms with Crippen LogP contribution < -0.4 is 14.8 Å². The average molecular weight is 321 g/mol. The van der Waals surface area contributed by atoms with Gasteiger partial charge in [-0.25, -0.2) is 0 Å². The van der Waals surface area contributed by atoms with E-state index in [2.05, 4.69) is 10.1 Å². The zero-order valence-corrected chi connectivity index (χ0v) is 12.6. The van der Waals surface area contributed by atoms with Gasteiger partial charge in [-0.3, -0.25) is 4.79 Å². The molecule has 4 nitrogen and oxygen atoms in total. The fraction of sp³-hybridized carbons (Fsp3) is 0.235. The lowest BCUT2D eigenvalue weighted by Crippen LogP contribution is -2.25. The van der Waals surface area contributed by atoms with Crippen LogP contribution in [0, 0.1) is 0 Å². The van der Waals surface area contributed by atoms with Crippen LogP contribution in [0.3, 0.4) is 0 Å². The maximum Gasteiger partial charge on any atom is 0.387 e. The summed E-state index contributed by atoms with van der Waals surface area (Å²) in [4.78, 5) is 12.0. The Morgan fingerprint density at radius 2 is 1.65 bits per heavy atom. The Kier molecular flexibility index (Phi) is 5.91. The van der Waals surface area contributed by atoms with Crippen molar-refractivity contribution >= 4 is 5.91 Å². The zero-order valence-electron chi connectivity index (χ0n) is 12.6. The molecule has 122 valence electrons. The quantitative estimate of drug-likeness (QED) is 0.852. The summed E-state index contributed by atoms with van der Waals surface area (Å²) in [6.45, 7) is -2.79. The summed E-state index contributed by atoms with van der Waals surface area (Å²) < 4.78 is 34.3. The first-order valence-electron chi connectivity index (χ1n) is 7.01. The highest BCUT2D eigenvalue weighted by atomic mass is 19.3. The second kappa shape index (κ2) is 8.12. The van der Waals surface area contributed by atoms with E-state index in [0.29, 0.717) is 11.3 Å². The van der Waals surface area contributed by atoms with E-state index < -0.39 is 6.61 Å². The van der Waals surface area contributed by atoms with E-state index in [1.807, 2.05) is 12.1 Å². The molecule has 0 saturated carbocycles. The number of para-hydroxylation sites is 2. The number of carbonyl (C=O) groups is 1. The van der Waals surface area contributed by atoms with Gasteiger partial charge in [0.15, 0.2) is 0 Å². The molecule has 0 saturated heterocycles. The van der Waals surface area contributed by atoms with Crippen molar-refractivity contribution in [3.05, 3.63) is 59.7 Å². The first-order chi connectivity index (χ1) is 11.1. The van der Waals surface area contributed by atoms with Gasteiger partial charge in [0.25, 0.3) is 0 Å². The van der Waals surface area contributed by atoms with Crippen molar-refractivity contribution in [2.24, 2.45) is 0 Å². The molecular formula is C17H17F2NO3. The van der Waals surface area contributed by atoms with E-state index in [9.17, 15) is 13.6 Å². The average Bonchev–Trinajstić information content (AvgIpc) is 2.54. The number of carbonyl (C=O) groups excluding carboxylic acids is 1. The molecule has 0 fully saturated rings. The Morgan fingerprint density at radius 3 is 2.30 bits per heavy atom. The third kappa shape index (κ3) is 4.95. The van der Waals surface area contributed by atoms with Crippen molar-refractivity contribution in [2.45, 2.75) is 19.6 Å². The minimum absolute atomic E-state index is 0.0556. The minimum atomic E-state index is -2.90. The van der Waals surface area contributed by atoms with Crippen LogP contribution in [0.25, 0.3) is 0 Å². The van der Waals surface area contributed by atoms with Crippen LogP contribution in [0.5, 0.6) is 11.5 Å². The fourth-order valence-corrected chi connectivity index (χ4v) is 2.14. The van der Waals surface area contributed by atoms with Crippen molar-refractivity contribution in [1.29, 1.82) is 0 Å². The molecule has 0 aliphatic heterocycles. The number of methoxy groups -OCH3 is 1. The summed E-state index contributed by atoms with van der Waals surface area (Å²) in [5.74, 6) is 0.450. The van der Waals surface area contributed by atoms with Gasteiger partial charge in [-0.15, -0.1) is 0 Å². The Labute approximate surface area is 133 Å². The van der Waals surface area contributed by atoms with Gasteiger partial charge in [0.1, 0.15) is 11.5 Å². The van der Waals surface area contributed by atoms with E-state index in [1.54, 1.807) is 30.3 Å². The van der Waals surface area contributed by atoms with Crippen LogP contribution in [0.15, 0.2) is 48.5 Å². The van der Waals surface area contributed by atoms with Gasteiger partial charge >= 0.3 is 6.61 Å². The van der Waals surface area contributed by atoms with Crippen LogP contribution in [-0.4, -0.2) is 19.6 Å². The summed E-state index contributed by atoms with van der Waals surface area (Å²) in [7, 11) is 1.54. The Balaban J connectivity index is 1.97. The summed E-state index contributed by atoms with van der Waals surface area (Å²) in [6, 6.07) is 13.6. The van der Waals surface area contributed by atoms with Crippen LogP contribution in [0.1, 0.15) is 11.1 Å². The van der Waals surface area contributed by atoms with Gasteiger partial charge in [-0.2, -0.15) is 8.78 Å². The maximum absolute atomic E-state index is 12.3. The standard InChI is InChI=1S/C17H17F2NO3/c1-22-14-8-4-2-6-12(14)10-16(21)20-11-13-7-3-5-9-15(13)23-17(18)19/h2-9,17H,10-11H2,1H3,(H,20,21). The molecule has 2 aromatic carbocycles. The summed E-state index contributed by atoms with van der Waals surface area (Å²) in [5, 5.41) is 2.69. The van der Waals surface area contributed by atoms with Crippen molar-refractivity contribution in [2.75, 3.05) is 7.11 Å². The van der Waals surface area contributed by atoms with E-state index in [0.717, 1.165) is 5.56 Å². The molecule has 0 aromatic heterocycles. The largest absolute Gasteiger partial charge is 0.496 e. The van der Waals surface area contributed by atoms with Crippen LogP contribution >= 0.6 is 0 Å². The van der Waals surface area contributed by atoms with Gasteiger partial charge in [0.05, 0.1) is 13.5 Å².